The van der Waals surface area contributed by atoms with E-state index in [2.05, 4.69) is 0 Å². The van der Waals surface area contributed by atoms with Crippen molar-refractivity contribution in [3.05, 3.63) is 29.8 Å². The second kappa shape index (κ2) is 4.37. The van der Waals surface area contributed by atoms with Crippen LogP contribution in [0.25, 0.3) is 0 Å². The molecule has 1 atom stereocenters. The molecule has 1 heterocycles. The summed E-state index contributed by atoms with van der Waals surface area (Å²) >= 11 is 0. The van der Waals surface area contributed by atoms with Gasteiger partial charge in [0, 0.05) is 13.1 Å². The van der Waals surface area contributed by atoms with Crippen molar-refractivity contribution in [2.75, 3.05) is 13.7 Å². The van der Waals surface area contributed by atoms with Crippen LogP contribution in [0.1, 0.15) is 18.9 Å². The van der Waals surface area contributed by atoms with Crippen molar-refractivity contribution >= 4 is 5.91 Å². The molecule has 0 radical (unpaired) electrons. The molecule has 2 rings (SSSR count). The highest BCUT2D eigenvalue weighted by molar-refractivity contribution is 5.87. The van der Waals surface area contributed by atoms with Gasteiger partial charge in [-0.2, -0.15) is 0 Å². The number of ether oxygens (including phenoxy) is 1. The highest BCUT2D eigenvalue weighted by Gasteiger charge is 2.38. The molecule has 1 amide bonds. The quantitative estimate of drug-likeness (QED) is 0.853. The summed E-state index contributed by atoms with van der Waals surface area (Å²) in [4.78, 5) is 13.7. The van der Waals surface area contributed by atoms with Crippen molar-refractivity contribution < 1.29 is 9.53 Å². The first kappa shape index (κ1) is 11.9. The summed E-state index contributed by atoms with van der Waals surface area (Å²) in [7, 11) is 1.64. The molecule has 0 bridgehead atoms. The van der Waals surface area contributed by atoms with Crippen molar-refractivity contribution in [3.8, 4) is 5.75 Å². The first-order valence-corrected chi connectivity index (χ1v) is 5.74. The average molecular weight is 234 g/mol. The summed E-state index contributed by atoms with van der Waals surface area (Å²) in [5, 5.41) is 0. The molecular weight excluding hydrogens is 216 g/mol. The van der Waals surface area contributed by atoms with Crippen molar-refractivity contribution in [2.24, 2.45) is 5.73 Å². The molecule has 4 nitrogen and oxygen atoms in total. The molecule has 1 saturated heterocycles. The van der Waals surface area contributed by atoms with E-state index in [-0.39, 0.29) is 5.91 Å². The molecule has 0 aliphatic carbocycles. The second-order valence-electron chi connectivity index (χ2n) is 4.74. The van der Waals surface area contributed by atoms with Crippen LogP contribution < -0.4 is 10.5 Å². The van der Waals surface area contributed by atoms with Crippen LogP contribution in [0.5, 0.6) is 5.75 Å². The summed E-state index contributed by atoms with van der Waals surface area (Å²) in [6.07, 6.45) is 0.724. The minimum absolute atomic E-state index is 0.0355. The lowest BCUT2D eigenvalue weighted by Crippen LogP contribution is -2.44. The smallest absolute Gasteiger partial charge is 0.242 e. The third-order valence-electron chi connectivity index (χ3n) is 3.21. The summed E-state index contributed by atoms with van der Waals surface area (Å²) < 4.78 is 5.09. The van der Waals surface area contributed by atoms with Gasteiger partial charge in [-0.15, -0.1) is 0 Å². The van der Waals surface area contributed by atoms with Crippen LogP contribution in [-0.2, 0) is 11.3 Å². The Bertz CT molecular complexity index is 412. The third-order valence-corrected chi connectivity index (χ3v) is 3.21. The summed E-state index contributed by atoms with van der Waals surface area (Å²) in [6, 6.07) is 7.74. The Hall–Kier alpha value is -1.55. The van der Waals surface area contributed by atoms with E-state index in [1.54, 1.807) is 14.0 Å². The number of rotatable bonds is 3. The minimum Gasteiger partial charge on any atom is -0.497 e. The third kappa shape index (κ3) is 2.42. The highest BCUT2D eigenvalue weighted by Crippen LogP contribution is 2.22. The molecule has 0 saturated carbocycles. The number of amides is 1. The van der Waals surface area contributed by atoms with Gasteiger partial charge in [-0.25, -0.2) is 0 Å². The molecule has 17 heavy (non-hydrogen) atoms. The zero-order valence-corrected chi connectivity index (χ0v) is 10.3. The van der Waals surface area contributed by atoms with E-state index < -0.39 is 5.54 Å². The number of likely N-dealkylation sites (tertiary alicyclic amines) is 1. The van der Waals surface area contributed by atoms with Gasteiger partial charge in [0.05, 0.1) is 12.6 Å². The Morgan fingerprint density at radius 3 is 2.53 bits per heavy atom. The largest absolute Gasteiger partial charge is 0.497 e. The lowest BCUT2D eigenvalue weighted by molar-refractivity contribution is -0.132. The van der Waals surface area contributed by atoms with E-state index in [9.17, 15) is 4.79 Å². The van der Waals surface area contributed by atoms with Crippen molar-refractivity contribution in [2.45, 2.75) is 25.4 Å². The number of nitrogens with two attached hydrogens (primary N) is 1. The molecule has 1 aromatic rings. The normalized spacial score (nSPS) is 24.2. The number of hydrogen-bond acceptors (Lipinski definition) is 3. The van der Waals surface area contributed by atoms with Crippen molar-refractivity contribution in [1.29, 1.82) is 0 Å². The molecule has 0 unspecified atom stereocenters. The molecule has 0 spiro atoms. The number of hydrogen-bond donors (Lipinski definition) is 1. The standard InChI is InChI=1S/C13H18N2O2/c1-13(14)7-8-15(12(13)16)9-10-3-5-11(17-2)6-4-10/h3-6H,7-9,14H2,1-2H3/t13-/m1/s1. The van der Waals surface area contributed by atoms with Crippen LogP contribution in [0.3, 0.4) is 0 Å². The summed E-state index contributed by atoms with van der Waals surface area (Å²) in [5.74, 6) is 0.860. The highest BCUT2D eigenvalue weighted by atomic mass is 16.5. The van der Waals surface area contributed by atoms with Crippen LogP contribution in [-0.4, -0.2) is 30.0 Å². The van der Waals surface area contributed by atoms with E-state index in [0.29, 0.717) is 6.54 Å². The van der Waals surface area contributed by atoms with E-state index in [4.69, 9.17) is 10.5 Å². The predicted octanol–water partition coefficient (Wildman–Crippen LogP) is 1.14. The predicted molar refractivity (Wildman–Crippen MR) is 65.6 cm³/mol. The average Bonchev–Trinajstić information content (AvgIpc) is 2.57. The fourth-order valence-corrected chi connectivity index (χ4v) is 2.04. The lowest BCUT2D eigenvalue weighted by Gasteiger charge is -2.19. The first-order valence-electron chi connectivity index (χ1n) is 5.74. The Labute approximate surface area is 101 Å². The number of nitrogens with zero attached hydrogens (tertiary/aromatic N) is 1. The van der Waals surface area contributed by atoms with E-state index in [1.807, 2.05) is 29.2 Å². The van der Waals surface area contributed by atoms with Gasteiger partial charge in [0.25, 0.3) is 0 Å². The monoisotopic (exact) mass is 234 g/mol. The Balaban J connectivity index is 2.04. The zero-order chi connectivity index (χ0) is 12.5. The van der Waals surface area contributed by atoms with Gasteiger partial charge in [-0.05, 0) is 31.0 Å². The van der Waals surface area contributed by atoms with E-state index in [0.717, 1.165) is 24.3 Å². The number of methoxy groups -OCH3 is 1. The van der Waals surface area contributed by atoms with Crippen LogP contribution in [0, 0.1) is 0 Å². The van der Waals surface area contributed by atoms with Gasteiger partial charge in [-0.3, -0.25) is 4.79 Å². The van der Waals surface area contributed by atoms with Gasteiger partial charge in [0.1, 0.15) is 5.75 Å². The molecule has 0 aromatic heterocycles. The molecule has 4 heteroatoms. The van der Waals surface area contributed by atoms with E-state index >= 15 is 0 Å². The Kier molecular flexibility index (Phi) is 3.07. The first-order chi connectivity index (χ1) is 8.03. The van der Waals surface area contributed by atoms with Crippen LogP contribution in [0.4, 0.5) is 0 Å². The molecule has 1 aliphatic heterocycles. The fraction of sp³-hybridized carbons (Fsp3) is 0.462. The van der Waals surface area contributed by atoms with Crippen LogP contribution >= 0.6 is 0 Å². The Morgan fingerprint density at radius 2 is 2.06 bits per heavy atom. The maximum Gasteiger partial charge on any atom is 0.242 e. The topological polar surface area (TPSA) is 55.6 Å². The van der Waals surface area contributed by atoms with Gasteiger partial charge in [-0.1, -0.05) is 12.1 Å². The van der Waals surface area contributed by atoms with Crippen LogP contribution in [0.15, 0.2) is 24.3 Å². The van der Waals surface area contributed by atoms with Crippen LogP contribution in [0.2, 0.25) is 0 Å². The number of carbonyl (C=O) groups excluding carboxylic acids is 1. The molecule has 1 fully saturated rings. The number of carbonyl (C=O) groups is 1. The molecule has 1 aliphatic rings. The summed E-state index contributed by atoms with van der Waals surface area (Å²) in [6.45, 7) is 3.15. The van der Waals surface area contributed by atoms with Crippen molar-refractivity contribution in [1.82, 2.24) is 4.90 Å². The fourth-order valence-electron chi connectivity index (χ4n) is 2.04. The van der Waals surface area contributed by atoms with Gasteiger partial charge >= 0.3 is 0 Å². The zero-order valence-electron chi connectivity index (χ0n) is 10.3. The lowest BCUT2D eigenvalue weighted by atomic mass is 10.0. The van der Waals surface area contributed by atoms with Gasteiger partial charge in [0.2, 0.25) is 5.91 Å². The molecular formula is C13H18N2O2. The summed E-state index contributed by atoms with van der Waals surface area (Å²) in [5.41, 5.74) is 6.31. The number of benzene rings is 1. The maximum atomic E-state index is 11.9. The van der Waals surface area contributed by atoms with Gasteiger partial charge in [0.15, 0.2) is 0 Å². The molecule has 2 N–H and O–H groups in total. The molecule has 1 aromatic carbocycles. The Morgan fingerprint density at radius 1 is 1.41 bits per heavy atom. The van der Waals surface area contributed by atoms with Crippen molar-refractivity contribution in [3.63, 3.8) is 0 Å². The SMILES string of the molecule is COc1ccc(CN2CC[C@@](C)(N)C2=O)cc1. The van der Waals surface area contributed by atoms with Gasteiger partial charge < -0.3 is 15.4 Å². The molecule has 92 valence electrons. The second-order valence-corrected chi connectivity index (χ2v) is 4.74. The van der Waals surface area contributed by atoms with E-state index in [1.165, 1.54) is 0 Å². The minimum atomic E-state index is -0.688. The maximum absolute atomic E-state index is 11.9.